The van der Waals surface area contributed by atoms with Crippen LogP contribution in [0.15, 0.2) is 33.9 Å². The summed E-state index contributed by atoms with van der Waals surface area (Å²) < 4.78 is 16.7. The SMILES string of the molecule is CC(C)Cn1c(=O)n(C)c(=O)c2cc(C(O)c3c(F)cccc3Cl)sc21. The van der Waals surface area contributed by atoms with Gasteiger partial charge in [-0.2, -0.15) is 0 Å². The minimum atomic E-state index is -1.33. The van der Waals surface area contributed by atoms with Crippen LogP contribution in [0, 0.1) is 11.7 Å². The molecule has 0 aliphatic carbocycles. The highest BCUT2D eigenvalue weighted by molar-refractivity contribution is 7.18. The summed E-state index contributed by atoms with van der Waals surface area (Å²) in [6, 6.07) is 5.66. The van der Waals surface area contributed by atoms with Crippen molar-refractivity contribution in [1.82, 2.24) is 9.13 Å². The molecular formula is C18H18ClFN2O3S. The van der Waals surface area contributed by atoms with Crippen LogP contribution in [0.3, 0.4) is 0 Å². The van der Waals surface area contributed by atoms with E-state index in [0.29, 0.717) is 21.6 Å². The number of aliphatic hydroxyl groups excluding tert-OH is 1. The van der Waals surface area contributed by atoms with Crippen molar-refractivity contribution < 1.29 is 9.50 Å². The molecule has 0 saturated carbocycles. The summed E-state index contributed by atoms with van der Waals surface area (Å²) in [4.78, 5) is 25.8. The fraction of sp³-hybridized carbons (Fsp3) is 0.333. The molecule has 1 unspecified atom stereocenters. The molecule has 0 bridgehead atoms. The fourth-order valence-corrected chi connectivity index (χ4v) is 4.28. The Kier molecular flexibility index (Phi) is 5.05. The molecule has 0 saturated heterocycles. The van der Waals surface area contributed by atoms with Crippen molar-refractivity contribution in [2.45, 2.75) is 26.5 Å². The quantitative estimate of drug-likeness (QED) is 0.736. The van der Waals surface area contributed by atoms with Crippen molar-refractivity contribution in [3.05, 3.63) is 66.4 Å². The summed E-state index contributed by atoms with van der Waals surface area (Å²) in [5.41, 5.74) is -0.905. The summed E-state index contributed by atoms with van der Waals surface area (Å²) in [6.45, 7) is 4.36. The van der Waals surface area contributed by atoms with E-state index in [9.17, 15) is 19.1 Å². The Morgan fingerprint density at radius 3 is 2.62 bits per heavy atom. The number of halogens is 2. The normalized spacial score (nSPS) is 12.9. The summed E-state index contributed by atoms with van der Waals surface area (Å²) in [7, 11) is 1.42. The third kappa shape index (κ3) is 3.11. The third-order valence-corrected chi connectivity index (χ3v) is 5.66. The number of aliphatic hydroxyl groups is 1. The number of fused-ring (bicyclic) bond motifs is 1. The van der Waals surface area contributed by atoms with Gasteiger partial charge in [0.25, 0.3) is 5.56 Å². The lowest BCUT2D eigenvalue weighted by molar-refractivity contribution is 0.219. The van der Waals surface area contributed by atoms with E-state index >= 15 is 0 Å². The van der Waals surface area contributed by atoms with Gasteiger partial charge >= 0.3 is 5.69 Å². The maximum atomic E-state index is 14.1. The van der Waals surface area contributed by atoms with Gasteiger partial charge in [-0.05, 0) is 24.1 Å². The third-order valence-electron chi connectivity index (χ3n) is 4.12. The van der Waals surface area contributed by atoms with Gasteiger partial charge < -0.3 is 5.11 Å². The zero-order chi connectivity index (χ0) is 19.2. The average Bonchev–Trinajstić information content (AvgIpc) is 3.01. The Balaban J connectivity index is 2.25. The highest BCUT2D eigenvalue weighted by Crippen LogP contribution is 2.35. The Labute approximate surface area is 157 Å². The van der Waals surface area contributed by atoms with E-state index < -0.39 is 23.2 Å². The molecule has 0 radical (unpaired) electrons. The molecule has 2 aromatic heterocycles. The van der Waals surface area contributed by atoms with Crippen LogP contribution in [0.5, 0.6) is 0 Å². The summed E-state index contributed by atoms with van der Waals surface area (Å²) in [6.07, 6.45) is -1.33. The van der Waals surface area contributed by atoms with Crippen LogP contribution < -0.4 is 11.2 Å². The highest BCUT2D eigenvalue weighted by atomic mass is 35.5. The minimum absolute atomic E-state index is 0.0460. The van der Waals surface area contributed by atoms with Crippen LogP contribution in [0.2, 0.25) is 5.02 Å². The first-order valence-electron chi connectivity index (χ1n) is 8.07. The molecule has 1 aromatic carbocycles. The Bertz CT molecular complexity index is 1080. The van der Waals surface area contributed by atoms with E-state index in [1.54, 1.807) is 0 Å². The number of benzene rings is 1. The van der Waals surface area contributed by atoms with Gasteiger partial charge in [-0.1, -0.05) is 31.5 Å². The number of hydrogen-bond acceptors (Lipinski definition) is 4. The highest BCUT2D eigenvalue weighted by Gasteiger charge is 2.23. The zero-order valence-corrected chi connectivity index (χ0v) is 16.1. The van der Waals surface area contributed by atoms with Crippen LogP contribution in [-0.4, -0.2) is 14.2 Å². The summed E-state index contributed by atoms with van der Waals surface area (Å²) >= 11 is 7.14. The van der Waals surface area contributed by atoms with Crippen LogP contribution in [0.1, 0.15) is 30.4 Å². The lowest BCUT2D eigenvalue weighted by atomic mass is 10.1. The van der Waals surface area contributed by atoms with Gasteiger partial charge in [0, 0.05) is 29.1 Å². The summed E-state index contributed by atoms with van der Waals surface area (Å²) in [5.74, 6) is -0.445. The van der Waals surface area contributed by atoms with Crippen LogP contribution >= 0.6 is 22.9 Å². The van der Waals surface area contributed by atoms with Crippen LogP contribution in [-0.2, 0) is 13.6 Å². The molecule has 0 fully saturated rings. The molecule has 3 rings (SSSR count). The van der Waals surface area contributed by atoms with Gasteiger partial charge in [0.1, 0.15) is 16.8 Å². The summed E-state index contributed by atoms with van der Waals surface area (Å²) in [5, 5.41) is 11.1. The Hall–Kier alpha value is -1.96. The van der Waals surface area contributed by atoms with Gasteiger partial charge in [0.2, 0.25) is 0 Å². The maximum absolute atomic E-state index is 14.1. The molecule has 0 aliphatic rings. The number of nitrogens with zero attached hydrogens (tertiary/aromatic N) is 2. The first-order chi connectivity index (χ1) is 12.2. The number of rotatable bonds is 4. The Morgan fingerprint density at radius 1 is 1.31 bits per heavy atom. The largest absolute Gasteiger partial charge is 0.383 e. The molecule has 0 aliphatic heterocycles. The smallest absolute Gasteiger partial charge is 0.331 e. The van der Waals surface area contributed by atoms with E-state index in [1.807, 2.05) is 13.8 Å². The van der Waals surface area contributed by atoms with Crippen LogP contribution in [0.4, 0.5) is 4.39 Å². The average molecular weight is 397 g/mol. The molecular weight excluding hydrogens is 379 g/mol. The van der Waals surface area contributed by atoms with Gasteiger partial charge in [-0.15, -0.1) is 11.3 Å². The lowest BCUT2D eigenvalue weighted by Gasteiger charge is -2.12. The second-order valence-corrected chi connectivity index (χ2v) is 8.03. The van der Waals surface area contributed by atoms with Crippen molar-refractivity contribution >= 4 is 33.2 Å². The fourth-order valence-electron chi connectivity index (χ4n) is 2.86. The minimum Gasteiger partial charge on any atom is -0.383 e. The molecule has 8 heteroatoms. The van der Waals surface area contributed by atoms with E-state index in [1.165, 1.54) is 35.9 Å². The molecule has 0 amide bonds. The number of aromatic nitrogens is 2. The predicted molar refractivity (Wildman–Crippen MR) is 102 cm³/mol. The van der Waals surface area contributed by atoms with E-state index in [2.05, 4.69) is 0 Å². The molecule has 1 N–H and O–H groups in total. The van der Waals surface area contributed by atoms with Gasteiger partial charge in [-0.3, -0.25) is 13.9 Å². The predicted octanol–water partition coefficient (Wildman–Crippen LogP) is 3.29. The van der Waals surface area contributed by atoms with Gasteiger partial charge in [0.05, 0.1) is 5.39 Å². The molecule has 3 aromatic rings. The van der Waals surface area contributed by atoms with Gasteiger partial charge in [0.15, 0.2) is 0 Å². The Morgan fingerprint density at radius 2 is 2.00 bits per heavy atom. The molecule has 2 heterocycles. The van der Waals surface area contributed by atoms with E-state index in [4.69, 9.17) is 11.6 Å². The van der Waals surface area contributed by atoms with Crippen molar-refractivity contribution in [1.29, 1.82) is 0 Å². The molecule has 0 spiro atoms. The molecule has 5 nitrogen and oxygen atoms in total. The van der Waals surface area contributed by atoms with Crippen molar-refractivity contribution in [3.8, 4) is 0 Å². The first-order valence-corrected chi connectivity index (χ1v) is 9.27. The van der Waals surface area contributed by atoms with Crippen LogP contribution in [0.25, 0.3) is 10.2 Å². The zero-order valence-electron chi connectivity index (χ0n) is 14.5. The van der Waals surface area contributed by atoms with E-state index in [-0.39, 0.29) is 16.5 Å². The number of thiophene rings is 1. The topological polar surface area (TPSA) is 64.2 Å². The second kappa shape index (κ2) is 6.98. The molecule has 26 heavy (non-hydrogen) atoms. The standard InChI is InChI=1S/C18H18ClFN2O3S/c1-9(2)8-22-17-10(16(24)21(3)18(22)25)7-13(26-17)15(23)14-11(19)5-4-6-12(14)20/h4-7,9,15,23H,8H2,1-3H3. The molecule has 1 atom stereocenters. The lowest BCUT2D eigenvalue weighted by Crippen LogP contribution is -2.38. The van der Waals surface area contributed by atoms with E-state index in [0.717, 1.165) is 15.9 Å². The maximum Gasteiger partial charge on any atom is 0.331 e. The monoisotopic (exact) mass is 396 g/mol. The van der Waals surface area contributed by atoms with Crippen molar-refractivity contribution in [2.75, 3.05) is 0 Å². The number of hydrogen-bond donors (Lipinski definition) is 1. The van der Waals surface area contributed by atoms with Crippen molar-refractivity contribution in [3.63, 3.8) is 0 Å². The second-order valence-electron chi connectivity index (χ2n) is 6.56. The van der Waals surface area contributed by atoms with Gasteiger partial charge in [-0.25, -0.2) is 9.18 Å². The van der Waals surface area contributed by atoms with Crippen molar-refractivity contribution in [2.24, 2.45) is 13.0 Å². The molecule has 138 valence electrons. The first kappa shape index (κ1) is 18.8.